The molecule has 0 spiro atoms. The number of thioether (sulfide) groups is 1. The van der Waals surface area contributed by atoms with E-state index in [4.69, 9.17) is 5.73 Å². The Hall–Kier alpha value is -1.00. The van der Waals surface area contributed by atoms with Gasteiger partial charge >= 0.3 is 0 Å². The SMILES string of the molecule is CC(C)N(C)C(=O)C[C@@H](N)CSc1ccccc1. The zero-order valence-electron chi connectivity index (χ0n) is 11.3. The lowest BCUT2D eigenvalue weighted by Crippen LogP contribution is -2.38. The normalized spacial score (nSPS) is 12.5. The van der Waals surface area contributed by atoms with Crippen LogP contribution in [0.2, 0.25) is 0 Å². The molecule has 0 saturated heterocycles. The van der Waals surface area contributed by atoms with Gasteiger partial charge in [-0.15, -0.1) is 11.8 Å². The van der Waals surface area contributed by atoms with Gasteiger partial charge in [0.15, 0.2) is 0 Å². The van der Waals surface area contributed by atoms with Gasteiger partial charge in [0.25, 0.3) is 0 Å². The Labute approximate surface area is 114 Å². The van der Waals surface area contributed by atoms with Gasteiger partial charge in [0, 0.05) is 36.2 Å². The van der Waals surface area contributed by atoms with E-state index in [-0.39, 0.29) is 18.0 Å². The molecular weight excluding hydrogens is 244 g/mol. The van der Waals surface area contributed by atoms with Crippen LogP contribution in [0.3, 0.4) is 0 Å². The van der Waals surface area contributed by atoms with E-state index in [1.165, 1.54) is 4.90 Å². The summed E-state index contributed by atoms with van der Waals surface area (Å²) in [6, 6.07) is 10.2. The van der Waals surface area contributed by atoms with Gasteiger partial charge in [0.1, 0.15) is 0 Å². The summed E-state index contributed by atoms with van der Waals surface area (Å²) < 4.78 is 0. The second kappa shape index (κ2) is 7.44. The number of benzene rings is 1. The van der Waals surface area contributed by atoms with Crippen molar-refractivity contribution in [1.29, 1.82) is 0 Å². The molecule has 0 aliphatic rings. The van der Waals surface area contributed by atoms with Crippen LogP contribution >= 0.6 is 11.8 Å². The lowest BCUT2D eigenvalue weighted by molar-refractivity contribution is -0.131. The van der Waals surface area contributed by atoms with E-state index < -0.39 is 0 Å². The molecule has 3 nitrogen and oxygen atoms in total. The lowest BCUT2D eigenvalue weighted by Gasteiger charge is -2.23. The summed E-state index contributed by atoms with van der Waals surface area (Å²) in [4.78, 5) is 14.8. The number of carbonyl (C=O) groups is 1. The van der Waals surface area contributed by atoms with E-state index in [2.05, 4.69) is 12.1 Å². The highest BCUT2D eigenvalue weighted by Gasteiger charge is 2.15. The molecule has 4 heteroatoms. The fraction of sp³-hybridized carbons (Fsp3) is 0.500. The first-order valence-corrected chi connectivity index (χ1v) is 7.18. The molecule has 1 aromatic rings. The molecule has 1 rings (SSSR count). The maximum atomic E-state index is 11.8. The van der Waals surface area contributed by atoms with Crippen LogP contribution in [-0.4, -0.2) is 35.7 Å². The van der Waals surface area contributed by atoms with Crippen molar-refractivity contribution in [1.82, 2.24) is 4.90 Å². The van der Waals surface area contributed by atoms with Crippen molar-refractivity contribution in [3.8, 4) is 0 Å². The number of hydrogen-bond acceptors (Lipinski definition) is 3. The van der Waals surface area contributed by atoms with Gasteiger partial charge in [0.2, 0.25) is 5.91 Å². The highest BCUT2D eigenvalue weighted by molar-refractivity contribution is 7.99. The summed E-state index contributed by atoms with van der Waals surface area (Å²) in [5.74, 6) is 0.882. The van der Waals surface area contributed by atoms with E-state index in [1.54, 1.807) is 16.7 Å². The largest absolute Gasteiger partial charge is 0.343 e. The third-order valence-corrected chi connectivity index (χ3v) is 4.01. The maximum Gasteiger partial charge on any atom is 0.224 e. The molecule has 2 N–H and O–H groups in total. The van der Waals surface area contributed by atoms with Gasteiger partial charge in [0.05, 0.1) is 0 Å². The Morgan fingerprint density at radius 1 is 1.33 bits per heavy atom. The van der Waals surface area contributed by atoms with Gasteiger partial charge < -0.3 is 10.6 Å². The zero-order chi connectivity index (χ0) is 13.5. The van der Waals surface area contributed by atoms with Gasteiger partial charge in [-0.2, -0.15) is 0 Å². The van der Waals surface area contributed by atoms with Crippen LogP contribution in [0.25, 0.3) is 0 Å². The number of nitrogens with two attached hydrogens (primary N) is 1. The molecule has 1 amide bonds. The average Bonchev–Trinajstić information content (AvgIpc) is 2.36. The minimum absolute atomic E-state index is 0.0936. The Morgan fingerprint density at radius 3 is 2.50 bits per heavy atom. The van der Waals surface area contributed by atoms with E-state index >= 15 is 0 Å². The van der Waals surface area contributed by atoms with Crippen molar-refractivity contribution in [3.63, 3.8) is 0 Å². The molecule has 0 saturated carbocycles. The standard InChI is InChI=1S/C14H22N2OS/c1-11(2)16(3)14(17)9-12(15)10-18-13-7-5-4-6-8-13/h4-8,11-12H,9-10,15H2,1-3H3/t12-/m1/s1. The number of hydrogen-bond donors (Lipinski definition) is 1. The fourth-order valence-corrected chi connectivity index (χ4v) is 2.31. The summed E-state index contributed by atoms with van der Waals surface area (Å²) in [5.41, 5.74) is 5.99. The maximum absolute atomic E-state index is 11.8. The van der Waals surface area contributed by atoms with Crippen LogP contribution in [-0.2, 0) is 4.79 Å². The van der Waals surface area contributed by atoms with Gasteiger partial charge in [-0.3, -0.25) is 4.79 Å². The van der Waals surface area contributed by atoms with Crippen molar-refractivity contribution in [2.75, 3.05) is 12.8 Å². The number of rotatable bonds is 6. The summed E-state index contributed by atoms with van der Waals surface area (Å²) in [5, 5.41) is 0. The molecule has 0 aliphatic carbocycles. The fourth-order valence-electron chi connectivity index (χ4n) is 1.44. The Bertz CT molecular complexity index is 367. The van der Waals surface area contributed by atoms with Crippen LogP contribution in [0.1, 0.15) is 20.3 Å². The Morgan fingerprint density at radius 2 is 1.94 bits per heavy atom. The third-order valence-electron chi connectivity index (χ3n) is 2.81. The average molecular weight is 266 g/mol. The summed E-state index contributed by atoms with van der Waals surface area (Å²) >= 11 is 1.69. The lowest BCUT2D eigenvalue weighted by atomic mass is 10.2. The monoisotopic (exact) mass is 266 g/mol. The van der Waals surface area contributed by atoms with Crippen LogP contribution in [0.4, 0.5) is 0 Å². The van der Waals surface area contributed by atoms with E-state index in [0.717, 1.165) is 5.75 Å². The van der Waals surface area contributed by atoms with Crippen LogP contribution < -0.4 is 5.73 Å². The first kappa shape index (κ1) is 15.1. The molecule has 0 heterocycles. The van der Waals surface area contributed by atoms with E-state index in [0.29, 0.717) is 6.42 Å². The molecule has 0 bridgehead atoms. The van der Waals surface area contributed by atoms with Crippen LogP contribution in [0.5, 0.6) is 0 Å². The van der Waals surface area contributed by atoms with Crippen molar-refractivity contribution in [3.05, 3.63) is 30.3 Å². The topological polar surface area (TPSA) is 46.3 Å². The van der Waals surface area contributed by atoms with Crippen molar-refractivity contribution in [2.24, 2.45) is 5.73 Å². The van der Waals surface area contributed by atoms with Gasteiger partial charge in [-0.1, -0.05) is 18.2 Å². The second-order valence-electron chi connectivity index (χ2n) is 4.69. The minimum atomic E-state index is -0.0936. The van der Waals surface area contributed by atoms with Crippen molar-refractivity contribution in [2.45, 2.75) is 37.2 Å². The third kappa shape index (κ3) is 5.10. The molecule has 0 fully saturated rings. The molecule has 18 heavy (non-hydrogen) atoms. The number of carbonyl (C=O) groups excluding carboxylic acids is 1. The van der Waals surface area contributed by atoms with Crippen LogP contribution in [0.15, 0.2) is 35.2 Å². The molecule has 0 radical (unpaired) electrons. The minimum Gasteiger partial charge on any atom is -0.343 e. The number of nitrogens with zero attached hydrogens (tertiary/aromatic N) is 1. The summed E-state index contributed by atoms with van der Waals surface area (Å²) in [6.45, 7) is 4.00. The highest BCUT2D eigenvalue weighted by atomic mass is 32.2. The zero-order valence-corrected chi connectivity index (χ0v) is 12.1. The quantitative estimate of drug-likeness (QED) is 0.804. The smallest absolute Gasteiger partial charge is 0.224 e. The van der Waals surface area contributed by atoms with Gasteiger partial charge in [-0.05, 0) is 26.0 Å². The van der Waals surface area contributed by atoms with Crippen molar-refractivity contribution >= 4 is 17.7 Å². The second-order valence-corrected chi connectivity index (χ2v) is 5.78. The van der Waals surface area contributed by atoms with E-state index in [9.17, 15) is 4.79 Å². The van der Waals surface area contributed by atoms with Crippen molar-refractivity contribution < 1.29 is 4.79 Å². The molecular formula is C14H22N2OS. The highest BCUT2D eigenvalue weighted by Crippen LogP contribution is 2.18. The molecule has 1 atom stereocenters. The predicted octanol–water partition coefficient (Wildman–Crippen LogP) is 2.36. The van der Waals surface area contributed by atoms with Crippen LogP contribution in [0, 0.1) is 0 Å². The first-order valence-electron chi connectivity index (χ1n) is 6.19. The Kier molecular flexibility index (Phi) is 6.22. The van der Waals surface area contributed by atoms with Gasteiger partial charge in [-0.25, -0.2) is 0 Å². The molecule has 0 aromatic heterocycles. The molecule has 100 valence electrons. The summed E-state index contributed by atoms with van der Waals surface area (Å²) in [7, 11) is 1.82. The molecule has 0 aliphatic heterocycles. The summed E-state index contributed by atoms with van der Waals surface area (Å²) in [6.07, 6.45) is 0.411. The molecule has 1 aromatic carbocycles. The first-order chi connectivity index (χ1) is 8.50. The predicted molar refractivity (Wildman–Crippen MR) is 77.7 cm³/mol. The van der Waals surface area contributed by atoms with E-state index in [1.807, 2.05) is 39.1 Å². The number of amides is 1. The molecule has 0 unspecified atom stereocenters. The Balaban J connectivity index is 2.34.